The highest BCUT2D eigenvalue weighted by molar-refractivity contribution is 6.35. The van der Waals surface area contributed by atoms with E-state index < -0.39 is 0 Å². The molecule has 130 valence electrons. The van der Waals surface area contributed by atoms with Crippen LogP contribution in [0.25, 0.3) is 16.7 Å². The molecular weight excluding hydrogens is 338 g/mol. The van der Waals surface area contributed by atoms with Gasteiger partial charge < -0.3 is 4.90 Å². The summed E-state index contributed by atoms with van der Waals surface area (Å²) in [6.45, 7) is 3.85. The minimum Gasteiger partial charge on any atom is -0.339 e. The van der Waals surface area contributed by atoms with Gasteiger partial charge in [0.1, 0.15) is 5.65 Å². The summed E-state index contributed by atoms with van der Waals surface area (Å²) in [6, 6.07) is 1.85. The summed E-state index contributed by atoms with van der Waals surface area (Å²) in [5, 5.41) is 5.54. The molecular formula is C18H20ClN5O. The first-order chi connectivity index (χ1) is 12.0. The zero-order valence-corrected chi connectivity index (χ0v) is 15.1. The lowest BCUT2D eigenvalue weighted by Crippen LogP contribution is -2.37. The third-order valence-corrected chi connectivity index (χ3v) is 5.18. The number of aromatic nitrogens is 4. The molecule has 0 saturated carbocycles. The van der Waals surface area contributed by atoms with E-state index in [2.05, 4.69) is 17.0 Å². The van der Waals surface area contributed by atoms with Crippen molar-refractivity contribution in [1.29, 1.82) is 0 Å². The number of pyridine rings is 1. The van der Waals surface area contributed by atoms with Gasteiger partial charge in [-0.05, 0) is 24.8 Å². The van der Waals surface area contributed by atoms with Gasteiger partial charge in [0.2, 0.25) is 0 Å². The Morgan fingerprint density at radius 3 is 2.68 bits per heavy atom. The van der Waals surface area contributed by atoms with E-state index in [1.54, 1.807) is 17.1 Å². The van der Waals surface area contributed by atoms with E-state index in [1.807, 2.05) is 35.0 Å². The highest BCUT2D eigenvalue weighted by Gasteiger charge is 2.22. The van der Waals surface area contributed by atoms with Crippen LogP contribution in [-0.2, 0) is 7.05 Å². The van der Waals surface area contributed by atoms with Crippen molar-refractivity contribution in [2.75, 3.05) is 13.1 Å². The largest absolute Gasteiger partial charge is 0.339 e. The van der Waals surface area contributed by atoms with Crippen LogP contribution in [0.5, 0.6) is 0 Å². The van der Waals surface area contributed by atoms with Crippen LogP contribution in [0, 0.1) is 5.92 Å². The van der Waals surface area contributed by atoms with E-state index in [-0.39, 0.29) is 5.91 Å². The molecule has 25 heavy (non-hydrogen) atoms. The second-order valence-corrected chi connectivity index (χ2v) is 7.20. The van der Waals surface area contributed by atoms with E-state index >= 15 is 0 Å². The van der Waals surface area contributed by atoms with Crippen LogP contribution in [-0.4, -0.2) is 43.2 Å². The van der Waals surface area contributed by atoms with Crippen molar-refractivity contribution < 1.29 is 4.79 Å². The zero-order chi connectivity index (χ0) is 17.6. The molecule has 1 aliphatic heterocycles. The van der Waals surface area contributed by atoms with Crippen LogP contribution in [0.3, 0.4) is 0 Å². The van der Waals surface area contributed by atoms with Crippen LogP contribution in [0.1, 0.15) is 30.1 Å². The van der Waals surface area contributed by atoms with Gasteiger partial charge in [0.05, 0.1) is 22.5 Å². The molecule has 0 aromatic carbocycles. The molecule has 1 amide bonds. The molecule has 1 fully saturated rings. The fourth-order valence-corrected chi connectivity index (χ4v) is 3.55. The Morgan fingerprint density at radius 1 is 1.24 bits per heavy atom. The van der Waals surface area contributed by atoms with Crippen LogP contribution in [0.15, 0.2) is 30.9 Å². The number of piperidine rings is 1. The maximum Gasteiger partial charge on any atom is 0.255 e. The van der Waals surface area contributed by atoms with E-state index in [4.69, 9.17) is 11.6 Å². The molecule has 1 saturated heterocycles. The Balaban J connectivity index is 1.69. The third-order valence-electron chi connectivity index (χ3n) is 4.88. The van der Waals surface area contributed by atoms with Crippen LogP contribution >= 0.6 is 11.6 Å². The normalized spacial score (nSPS) is 15.9. The Hall–Kier alpha value is -2.34. The van der Waals surface area contributed by atoms with Crippen LogP contribution in [0.4, 0.5) is 0 Å². The SMILES string of the molecule is CC1CCN(C(=O)c2cnc3c(c2)c(Cl)cn3-c2cnn(C)c2)CC1. The van der Waals surface area contributed by atoms with E-state index in [1.165, 1.54) is 0 Å². The van der Waals surface area contributed by atoms with Gasteiger partial charge in [0.15, 0.2) is 0 Å². The molecule has 0 N–H and O–H groups in total. The minimum absolute atomic E-state index is 0.0338. The molecule has 0 aliphatic carbocycles. The first kappa shape index (κ1) is 16.1. The lowest BCUT2D eigenvalue weighted by Gasteiger charge is -2.30. The van der Waals surface area contributed by atoms with Crippen molar-refractivity contribution in [1.82, 2.24) is 24.2 Å². The number of rotatable bonds is 2. The second-order valence-electron chi connectivity index (χ2n) is 6.79. The summed E-state index contributed by atoms with van der Waals surface area (Å²) >= 11 is 6.40. The maximum atomic E-state index is 12.8. The molecule has 0 atom stereocenters. The number of fused-ring (bicyclic) bond motifs is 1. The molecule has 0 spiro atoms. The molecule has 7 heteroatoms. The van der Waals surface area contributed by atoms with Gasteiger partial charge in [0, 0.05) is 44.1 Å². The molecule has 6 nitrogen and oxygen atoms in total. The standard InChI is InChI=1S/C18H20ClN5O/c1-12-3-5-23(6-4-12)18(25)13-7-15-16(19)11-24(17(15)20-8-13)14-9-21-22(2)10-14/h7-12H,3-6H2,1-2H3. The van der Waals surface area contributed by atoms with Crippen molar-refractivity contribution >= 4 is 28.5 Å². The number of hydrogen-bond acceptors (Lipinski definition) is 3. The number of aryl methyl sites for hydroxylation is 1. The second kappa shape index (κ2) is 6.19. The number of likely N-dealkylation sites (tertiary alicyclic amines) is 1. The molecule has 0 radical (unpaired) electrons. The number of halogens is 1. The molecule has 4 heterocycles. The predicted molar refractivity (Wildman–Crippen MR) is 97.1 cm³/mol. The predicted octanol–water partition coefficient (Wildman–Crippen LogP) is 3.28. The van der Waals surface area contributed by atoms with E-state index in [9.17, 15) is 4.79 Å². The first-order valence-corrected chi connectivity index (χ1v) is 8.85. The lowest BCUT2D eigenvalue weighted by atomic mass is 9.99. The molecule has 1 aliphatic rings. The van der Waals surface area contributed by atoms with E-state index in [0.717, 1.165) is 42.7 Å². The number of carbonyl (C=O) groups is 1. The summed E-state index contributed by atoms with van der Waals surface area (Å²) in [4.78, 5) is 19.2. The van der Waals surface area contributed by atoms with Crippen molar-refractivity contribution in [3.63, 3.8) is 0 Å². The monoisotopic (exact) mass is 357 g/mol. The summed E-state index contributed by atoms with van der Waals surface area (Å²) in [6.07, 6.45) is 9.22. The fourth-order valence-electron chi connectivity index (χ4n) is 3.31. The Morgan fingerprint density at radius 2 is 2.00 bits per heavy atom. The first-order valence-electron chi connectivity index (χ1n) is 8.48. The number of amides is 1. The average Bonchev–Trinajstić information content (AvgIpc) is 3.18. The van der Waals surface area contributed by atoms with Crippen LogP contribution < -0.4 is 0 Å². The number of carbonyl (C=O) groups excluding carboxylic acids is 1. The lowest BCUT2D eigenvalue weighted by molar-refractivity contribution is 0.0697. The summed E-state index contributed by atoms with van der Waals surface area (Å²) < 4.78 is 3.62. The zero-order valence-electron chi connectivity index (χ0n) is 14.3. The molecule has 4 rings (SSSR count). The van der Waals surface area contributed by atoms with Gasteiger partial charge in [-0.25, -0.2) is 4.98 Å². The Kier molecular flexibility index (Phi) is 4.00. The van der Waals surface area contributed by atoms with Crippen molar-refractivity contribution in [2.24, 2.45) is 13.0 Å². The summed E-state index contributed by atoms with van der Waals surface area (Å²) in [5.41, 5.74) is 2.20. The third kappa shape index (κ3) is 2.91. The van der Waals surface area contributed by atoms with Crippen molar-refractivity contribution in [2.45, 2.75) is 19.8 Å². The Labute approximate surface area is 151 Å². The van der Waals surface area contributed by atoms with Crippen molar-refractivity contribution in [3.05, 3.63) is 41.4 Å². The van der Waals surface area contributed by atoms with Gasteiger partial charge >= 0.3 is 0 Å². The summed E-state index contributed by atoms with van der Waals surface area (Å²) in [7, 11) is 1.86. The van der Waals surface area contributed by atoms with Crippen molar-refractivity contribution in [3.8, 4) is 5.69 Å². The number of nitrogens with zero attached hydrogens (tertiary/aromatic N) is 5. The Bertz CT molecular complexity index is 936. The maximum absolute atomic E-state index is 12.8. The average molecular weight is 358 g/mol. The molecule has 3 aromatic rings. The number of hydrogen-bond donors (Lipinski definition) is 0. The fraction of sp³-hybridized carbons (Fsp3) is 0.389. The van der Waals surface area contributed by atoms with Crippen LogP contribution in [0.2, 0.25) is 5.02 Å². The molecule has 0 bridgehead atoms. The molecule has 3 aromatic heterocycles. The molecule has 0 unspecified atom stereocenters. The topological polar surface area (TPSA) is 56.0 Å². The van der Waals surface area contributed by atoms with Gasteiger partial charge in [-0.2, -0.15) is 5.10 Å². The minimum atomic E-state index is 0.0338. The van der Waals surface area contributed by atoms with Gasteiger partial charge in [-0.1, -0.05) is 18.5 Å². The summed E-state index contributed by atoms with van der Waals surface area (Å²) in [5.74, 6) is 0.721. The highest BCUT2D eigenvalue weighted by Crippen LogP contribution is 2.28. The smallest absolute Gasteiger partial charge is 0.255 e. The van der Waals surface area contributed by atoms with E-state index in [0.29, 0.717) is 16.5 Å². The quantitative estimate of drug-likeness (QED) is 0.707. The van der Waals surface area contributed by atoms with Gasteiger partial charge in [-0.3, -0.25) is 14.0 Å². The highest BCUT2D eigenvalue weighted by atomic mass is 35.5. The van der Waals surface area contributed by atoms with Gasteiger partial charge in [-0.15, -0.1) is 0 Å². The van der Waals surface area contributed by atoms with Gasteiger partial charge in [0.25, 0.3) is 5.91 Å².